The van der Waals surface area contributed by atoms with Crippen LogP contribution in [0.4, 0.5) is 0 Å². The molecule has 2 aromatic carbocycles. The second-order valence-electron chi connectivity index (χ2n) is 8.21. The molecule has 1 atom stereocenters. The summed E-state index contributed by atoms with van der Waals surface area (Å²) in [6.45, 7) is 6.28. The Bertz CT molecular complexity index is 1000. The number of hydrogen-bond acceptors (Lipinski definition) is 4. The molecule has 6 nitrogen and oxygen atoms in total. The molecular weight excluding hydrogens is 378 g/mol. The summed E-state index contributed by atoms with van der Waals surface area (Å²) in [5, 5.41) is 3.05. The van der Waals surface area contributed by atoms with Crippen LogP contribution in [0.1, 0.15) is 43.8 Å². The van der Waals surface area contributed by atoms with E-state index >= 15 is 0 Å². The lowest BCUT2D eigenvalue weighted by atomic mass is 9.86. The minimum atomic E-state index is -0.422. The summed E-state index contributed by atoms with van der Waals surface area (Å²) in [6.07, 6.45) is 3.56. The third kappa shape index (κ3) is 5.00. The van der Waals surface area contributed by atoms with E-state index in [1.165, 1.54) is 0 Å². The molecule has 3 aromatic rings. The van der Waals surface area contributed by atoms with Gasteiger partial charge in [0.2, 0.25) is 0 Å². The Labute approximate surface area is 177 Å². The molecule has 1 aromatic heterocycles. The van der Waals surface area contributed by atoms with Crippen LogP contribution in [-0.2, 0) is 17.3 Å². The van der Waals surface area contributed by atoms with E-state index in [4.69, 9.17) is 9.47 Å². The lowest BCUT2D eigenvalue weighted by Crippen LogP contribution is -2.34. The topological polar surface area (TPSA) is 65.4 Å². The average molecular weight is 408 g/mol. The smallest absolute Gasteiger partial charge is 0.258 e. The fourth-order valence-corrected chi connectivity index (χ4v) is 3.33. The number of carbonyl (C=O) groups is 1. The van der Waals surface area contributed by atoms with Crippen molar-refractivity contribution in [2.24, 2.45) is 7.05 Å². The molecule has 0 saturated heterocycles. The van der Waals surface area contributed by atoms with E-state index in [1.807, 2.05) is 66.3 Å². The van der Waals surface area contributed by atoms with Crippen molar-refractivity contribution in [2.75, 3.05) is 13.7 Å². The van der Waals surface area contributed by atoms with E-state index in [-0.39, 0.29) is 17.9 Å². The largest absolute Gasteiger partial charge is 0.497 e. The van der Waals surface area contributed by atoms with E-state index in [0.29, 0.717) is 0 Å². The molecule has 3 rings (SSSR count). The molecule has 0 saturated carbocycles. The second kappa shape index (κ2) is 9.03. The highest BCUT2D eigenvalue weighted by Gasteiger charge is 2.23. The van der Waals surface area contributed by atoms with Crippen molar-refractivity contribution in [3.63, 3.8) is 0 Å². The molecule has 30 heavy (non-hydrogen) atoms. The van der Waals surface area contributed by atoms with Crippen LogP contribution < -0.4 is 14.8 Å². The number of aryl methyl sites for hydroxylation is 1. The maximum absolute atomic E-state index is 12.8. The minimum Gasteiger partial charge on any atom is -0.497 e. The van der Waals surface area contributed by atoms with Crippen molar-refractivity contribution in [3.05, 3.63) is 77.9 Å². The Balaban J connectivity index is 1.79. The molecule has 1 amide bonds. The maximum Gasteiger partial charge on any atom is 0.258 e. The number of amides is 1. The van der Waals surface area contributed by atoms with Crippen molar-refractivity contribution < 1.29 is 14.3 Å². The van der Waals surface area contributed by atoms with Crippen LogP contribution >= 0.6 is 0 Å². The quantitative estimate of drug-likeness (QED) is 0.643. The number of imidazole rings is 1. The van der Waals surface area contributed by atoms with Crippen molar-refractivity contribution in [2.45, 2.75) is 32.2 Å². The van der Waals surface area contributed by atoms with Gasteiger partial charge in [-0.3, -0.25) is 4.79 Å². The molecule has 6 heteroatoms. The number of aromatic nitrogens is 2. The van der Waals surface area contributed by atoms with E-state index in [1.54, 1.807) is 13.3 Å². The number of carbonyl (C=O) groups excluding carboxylic acids is 1. The van der Waals surface area contributed by atoms with E-state index < -0.39 is 6.04 Å². The zero-order chi connectivity index (χ0) is 21.7. The first kappa shape index (κ1) is 21.4. The third-order valence-corrected chi connectivity index (χ3v) is 4.90. The number of ether oxygens (including phenoxy) is 2. The van der Waals surface area contributed by atoms with Gasteiger partial charge in [-0.1, -0.05) is 51.1 Å². The highest BCUT2D eigenvalue weighted by Crippen LogP contribution is 2.31. The van der Waals surface area contributed by atoms with Gasteiger partial charge in [-0.15, -0.1) is 0 Å². The van der Waals surface area contributed by atoms with Gasteiger partial charge in [0.25, 0.3) is 5.91 Å². The molecule has 0 spiro atoms. The van der Waals surface area contributed by atoms with E-state index in [9.17, 15) is 4.79 Å². The van der Waals surface area contributed by atoms with E-state index in [2.05, 4.69) is 31.1 Å². The Morgan fingerprint density at radius 1 is 1.17 bits per heavy atom. The number of benzene rings is 2. The normalized spacial score (nSPS) is 12.3. The molecule has 0 radical (unpaired) electrons. The summed E-state index contributed by atoms with van der Waals surface area (Å²) >= 11 is 0. The Morgan fingerprint density at radius 3 is 2.60 bits per heavy atom. The van der Waals surface area contributed by atoms with Crippen LogP contribution in [0.15, 0.2) is 60.9 Å². The van der Waals surface area contributed by atoms with Crippen LogP contribution in [0.2, 0.25) is 0 Å². The lowest BCUT2D eigenvalue weighted by Gasteiger charge is -2.23. The van der Waals surface area contributed by atoms with Gasteiger partial charge < -0.3 is 19.4 Å². The monoisotopic (exact) mass is 407 g/mol. The highest BCUT2D eigenvalue weighted by atomic mass is 16.5. The molecule has 0 aliphatic heterocycles. The summed E-state index contributed by atoms with van der Waals surface area (Å²) < 4.78 is 13.1. The van der Waals surface area contributed by atoms with Crippen LogP contribution in [-0.4, -0.2) is 29.2 Å². The van der Waals surface area contributed by atoms with Crippen molar-refractivity contribution in [1.29, 1.82) is 0 Å². The molecule has 1 unspecified atom stereocenters. The standard InChI is InChI=1S/C24H29N3O3/c1-24(2,3)19-11-6-7-12-20(19)30-16-21(28)26-22(23-25-13-14-27(23)4)17-9-8-10-18(15-17)29-5/h6-15,22H,16H2,1-5H3,(H,26,28). The van der Waals surface area contributed by atoms with Crippen LogP contribution in [0, 0.1) is 0 Å². The van der Waals surface area contributed by atoms with Gasteiger partial charge in [0, 0.05) is 19.4 Å². The Hall–Kier alpha value is -3.28. The first-order chi connectivity index (χ1) is 14.3. The Kier molecular flexibility index (Phi) is 6.45. The summed E-state index contributed by atoms with van der Waals surface area (Å²) in [7, 11) is 3.52. The summed E-state index contributed by atoms with van der Waals surface area (Å²) in [6, 6.07) is 15.0. The van der Waals surface area contributed by atoms with Crippen LogP contribution in [0.25, 0.3) is 0 Å². The molecule has 0 fully saturated rings. The zero-order valence-corrected chi connectivity index (χ0v) is 18.2. The number of rotatable bonds is 7. The summed E-state index contributed by atoms with van der Waals surface area (Å²) in [5.74, 6) is 1.94. The third-order valence-electron chi connectivity index (χ3n) is 4.90. The number of nitrogens with one attached hydrogen (secondary N) is 1. The van der Waals surface area contributed by atoms with Crippen molar-refractivity contribution in [3.8, 4) is 11.5 Å². The summed E-state index contributed by atoms with van der Waals surface area (Å²) in [5.41, 5.74) is 1.86. The minimum absolute atomic E-state index is 0.0802. The molecule has 1 heterocycles. The van der Waals surface area contributed by atoms with Gasteiger partial charge in [-0.05, 0) is 34.7 Å². The van der Waals surface area contributed by atoms with Crippen molar-refractivity contribution in [1.82, 2.24) is 14.9 Å². The molecule has 0 bridgehead atoms. The average Bonchev–Trinajstić information content (AvgIpc) is 3.15. The first-order valence-corrected chi connectivity index (χ1v) is 9.92. The molecule has 0 aliphatic carbocycles. The SMILES string of the molecule is COc1cccc(C(NC(=O)COc2ccccc2C(C)(C)C)c2nccn2C)c1. The van der Waals surface area contributed by atoms with Gasteiger partial charge in [0.05, 0.1) is 7.11 Å². The molecule has 0 aliphatic rings. The van der Waals surface area contributed by atoms with Gasteiger partial charge in [0.1, 0.15) is 23.4 Å². The predicted octanol–water partition coefficient (Wildman–Crippen LogP) is 4.01. The fraction of sp³-hybridized carbons (Fsp3) is 0.333. The fourth-order valence-electron chi connectivity index (χ4n) is 3.33. The molecular formula is C24H29N3O3. The Morgan fingerprint density at radius 2 is 1.93 bits per heavy atom. The van der Waals surface area contributed by atoms with E-state index in [0.717, 1.165) is 28.5 Å². The number of methoxy groups -OCH3 is 1. The number of hydrogen-bond donors (Lipinski definition) is 1. The maximum atomic E-state index is 12.8. The van der Waals surface area contributed by atoms with Gasteiger partial charge >= 0.3 is 0 Å². The van der Waals surface area contributed by atoms with Crippen LogP contribution in [0.3, 0.4) is 0 Å². The zero-order valence-electron chi connectivity index (χ0n) is 18.2. The molecule has 1 N–H and O–H groups in total. The van der Waals surface area contributed by atoms with Gasteiger partial charge in [-0.2, -0.15) is 0 Å². The van der Waals surface area contributed by atoms with Gasteiger partial charge in [0.15, 0.2) is 6.61 Å². The number of nitrogens with zero attached hydrogens (tertiary/aromatic N) is 2. The summed E-state index contributed by atoms with van der Waals surface area (Å²) in [4.78, 5) is 17.3. The lowest BCUT2D eigenvalue weighted by molar-refractivity contribution is -0.123. The predicted molar refractivity (Wildman–Crippen MR) is 117 cm³/mol. The van der Waals surface area contributed by atoms with Crippen molar-refractivity contribution >= 4 is 5.91 Å². The van der Waals surface area contributed by atoms with Crippen LogP contribution in [0.5, 0.6) is 11.5 Å². The van der Waals surface area contributed by atoms with Gasteiger partial charge in [-0.25, -0.2) is 4.98 Å². The number of para-hydroxylation sites is 1. The first-order valence-electron chi connectivity index (χ1n) is 9.92. The molecule has 158 valence electrons. The highest BCUT2D eigenvalue weighted by molar-refractivity contribution is 5.78. The second-order valence-corrected chi connectivity index (χ2v) is 8.21.